The Morgan fingerprint density at radius 2 is 2.14 bits per heavy atom. The van der Waals surface area contributed by atoms with Crippen LogP contribution in [-0.2, 0) is 4.79 Å². The maximum Gasteiger partial charge on any atom is 0.326 e. The summed E-state index contributed by atoms with van der Waals surface area (Å²) < 4.78 is 0. The predicted octanol–water partition coefficient (Wildman–Crippen LogP) is 1.21. The Morgan fingerprint density at radius 1 is 1.36 bits per heavy atom. The van der Waals surface area contributed by atoms with Crippen molar-refractivity contribution in [1.82, 2.24) is 9.80 Å². The Hall–Kier alpha value is -1.06. The van der Waals surface area contributed by atoms with Crippen LogP contribution in [-0.4, -0.2) is 40.9 Å². The topological polar surface area (TPSA) is 40.6 Å². The van der Waals surface area contributed by atoms with Crippen LogP contribution < -0.4 is 0 Å². The van der Waals surface area contributed by atoms with Crippen LogP contribution in [0.2, 0.25) is 0 Å². The first kappa shape index (κ1) is 9.49. The standard InChI is InChI=1S/C10H16N2O2/c1-2-11-9(13)6-5-8-4-3-7-12(8)10(11)14/h8H,2-7H2,1H3. The molecule has 14 heavy (non-hydrogen) atoms. The molecule has 1 unspecified atom stereocenters. The molecule has 3 amide bonds. The van der Waals surface area contributed by atoms with Crippen LogP contribution in [0.3, 0.4) is 0 Å². The van der Waals surface area contributed by atoms with Crippen molar-refractivity contribution in [1.29, 1.82) is 0 Å². The van der Waals surface area contributed by atoms with Crippen molar-refractivity contribution in [2.24, 2.45) is 0 Å². The van der Waals surface area contributed by atoms with E-state index in [0.29, 0.717) is 19.0 Å². The highest BCUT2D eigenvalue weighted by Gasteiger charge is 2.36. The summed E-state index contributed by atoms with van der Waals surface area (Å²) in [5, 5.41) is 0. The molecule has 4 nitrogen and oxygen atoms in total. The zero-order valence-corrected chi connectivity index (χ0v) is 8.53. The van der Waals surface area contributed by atoms with Gasteiger partial charge in [-0.1, -0.05) is 0 Å². The molecule has 0 aliphatic carbocycles. The Kier molecular flexibility index (Phi) is 2.44. The van der Waals surface area contributed by atoms with Crippen molar-refractivity contribution in [3.05, 3.63) is 0 Å². The van der Waals surface area contributed by atoms with E-state index in [1.54, 1.807) is 0 Å². The molecule has 0 aromatic heterocycles. The number of hydrogen-bond donors (Lipinski definition) is 0. The van der Waals surface area contributed by atoms with E-state index in [1.807, 2.05) is 11.8 Å². The van der Waals surface area contributed by atoms with Gasteiger partial charge in [-0.2, -0.15) is 0 Å². The second-order valence-electron chi connectivity index (χ2n) is 3.95. The summed E-state index contributed by atoms with van der Waals surface area (Å²) in [4.78, 5) is 26.7. The van der Waals surface area contributed by atoms with Crippen LogP contribution in [0.5, 0.6) is 0 Å². The van der Waals surface area contributed by atoms with Gasteiger partial charge in [-0.05, 0) is 26.2 Å². The van der Waals surface area contributed by atoms with Crippen molar-refractivity contribution in [2.45, 2.75) is 38.6 Å². The van der Waals surface area contributed by atoms with E-state index in [4.69, 9.17) is 0 Å². The van der Waals surface area contributed by atoms with Crippen molar-refractivity contribution >= 4 is 11.9 Å². The number of imide groups is 1. The van der Waals surface area contributed by atoms with E-state index in [2.05, 4.69) is 0 Å². The maximum absolute atomic E-state index is 11.9. The van der Waals surface area contributed by atoms with Crippen LogP contribution >= 0.6 is 0 Å². The summed E-state index contributed by atoms with van der Waals surface area (Å²) in [7, 11) is 0. The number of fused-ring (bicyclic) bond motifs is 1. The molecule has 1 atom stereocenters. The third kappa shape index (κ3) is 1.38. The van der Waals surface area contributed by atoms with Gasteiger partial charge >= 0.3 is 6.03 Å². The minimum atomic E-state index is -0.0718. The average molecular weight is 196 g/mol. The molecule has 0 spiro atoms. The minimum absolute atomic E-state index is 0.00750. The first-order valence-corrected chi connectivity index (χ1v) is 5.35. The van der Waals surface area contributed by atoms with E-state index >= 15 is 0 Å². The van der Waals surface area contributed by atoms with Gasteiger partial charge in [0, 0.05) is 25.6 Å². The van der Waals surface area contributed by atoms with Crippen LogP contribution in [0.1, 0.15) is 32.6 Å². The quantitative estimate of drug-likeness (QED) is 0.632. The highest BCUT2D eigenvalue weighted by molar-refractivity contribution is 5.95. The fourth-order valence-electron chi connectivity index (χ4n) is 2.39. The van der Waals surface area contributed by atoms with E-state index in [9.17, 15) is 9.59 Å². The number of amides is 3. The number of hydrogen-bond acceptors (Lipinski definition) is 2. The van der Waals surface area contributed by atoms with Gasteiger partial charge in [0.15, 0.2) is 0 Å². The molecular weight excluding hydrogens is 180 g/mol. The molecule has 78 valence electrons. The van der Waals surface area contributed by atoms with Gasteiger partial charge in [0.25, 0.3) is 0 Å². The van der Waals surface area contributed by atoms with Gasteiger partial charge < -0.3 is 4.90 Å². The average Bonchev–Trinajstić information content (AvgIpc) is 2.59. The molecule has 4 heteroatoms. The molecule has 2 heterocycles. The van der Waals surface area contributed by atoms with E-state index in [0.717, 1.165) is 25.8 Å². The summed E-state index contributed by atoms with van der Waals surface area (Å²) in [5.41, 5.74) is 0. The zero-order chi connectivity index (χ0) is 10.1. The molecule has 0 aromatic carbocycles. The molecule has 0 saturated carbocycles. The monoisotopic (exact) mass is 196 g/mol. The van der Waals surface area contributed by atoms with Gasteiger partial charge in [0.1, 0.15) is 0 Å². The number of urea groups is 1. The van der Waals surface area contributed by atoms with E-state index in [-0.39, 0.29) is 11.9 Å². The minimum Gasteiger partial charge on any atom is -0.321 e. The summed E-state index contributed by atoms with van der Waals surface area (Å²) >= 11 is 0. The summed E-state index contributed by atoms with van der Waals surface area (Å²) in [5.74, 6) is -0.00750. The van der Waals surface area contributed by atoms with Gasteiger partial charge in [-0.3, -0.25) is 9.69 Å². The number of carbonyl (C=O) groups is 2. The lowest BCUT2D eigenvalue weighted by Gasteiger charge is -2.25. The molecule has 0 bridgehead atoms. The number of carbonyl (C=O) groups excluding carboxylic acids is 2. The van der Waals surface area contributed by atoms with Gasteiger partial charge in [-0.25, -0.2) is 4.79 Å². The molecular formula is C10H16N2O2. The smallest absolute Gasteiger partial charge is 0.321 e. The second-order valence-corrected chi connectivity index (χ2v) is 3.95. The lowest BCUT2D eigenvalue weighted by molar-refractivity contribution is -0.127. The van der Waals surface area contributed by atoms with Gasteiger partial charge in [0.05, 0.1) is 0 Å². The Morgan fingerprint density at radius 3 is 2.86 bits per heavy atom. The molecule has 2 fully saturated rings. The number of nitrogens with zero attached hydrogens (tertiary/aromatic N) is 2. The third-order valence-corrected chi connectivity index (χ3v) is 3.16. The Bertz CT molecular complexity index is 265. The molecule has 0 aromatic rings. The first-order chi connectivity index (χ1) is 6.74. The van der Waals surface area contributed by atoms with Crippen molar-refractivity contribution in [3.8, 4) is 0 Å². The van der Waals surface area contributed by atoms with Crippen molar-refractivity contribution in [3.63, 3.8) is 0 Å². The molecule has 0 radical (unpaired) electrons. The molecule has 2 aliphatic heterocycles. The lowest BCUT2D eigenvalue weighted by Crippen LogP contribution is -2.44. The van der Waals surface area contributed by atoms with Crippen LogP contribution in [0.15, 0.2) is 0 Å². The largest absolute Gasteiger partial charge is 0.326 e. The molecule has 0 N–H and O–H groups in total. The third-order valence-electron chi connectivity index (χ3n) is 3.16. The van der Waals surface area contributed by atoms with E-state index < -0.39 is 0 Å². The SMILES string of the molecule is CCN1C(=O)CCC2CCCN2C1=O. The second kappa shape index (κ2) is 3.59. The predicted molar refractivity (Wildman–Crippen MR) is 51.7 cm³/mol. The normalized spacial score (nSPS) is 27.9. The lowest BCUT2D eigenvalue weighted by atomic mass is 10.1. The molecule has 2 aliphatic rings. The summed E-state index contributed by atoms with van der Waals surface area (Å²) in [6.45, 7) is 3.18. The first-order valence-electron chi connectivity index (χ1n) is 5.35. The summed E-state index contributed by atoms with van der Waals surface area (Å²) in [6.07, 6.45) is 3.53. The molecule has 2 rings (SSSR count). The zero-order valence-electron chi connectivity index (χ0n) is 8.53. The molecule has 2 saturated heterocycles. The van der Waals surface area contributed by atoms with Crippen molar-refractivity contribution in [2.75, 3.05) is 13.1 Å². The highest BCUT2D eigenvalue weighted by atomic mass is 16.2. The van der Waals surface area contributed by atoms with Crippen LogP contribution in [0, 0.1) is 0 Å². The van der Waals surface area contributed by atoms with Gasteiger partial charge in [-0.15, -0.1) is 0 Å². The Labute approximate surface area is 83.9 Å². The van der Waals surface area contributed by atoms with Gasteiger partial charge in [0.2, 0.25) is 5.91 Å². The van der Waals surface area contributed by atoms with E-state index in [1.165, 1.54) is 4.90 Å². The Balaban J connectivity index is 2.20. The highest BCUT2D eigenvalue weighted by Crippen LogP contribution is 2.26. The van der Waals surface area contributed by atoms with Crippen molar-refractivity contribution < 1.29 is 9.59 Å². The maximum atomic E-state index is 11.9. The van der Waals surface area contributed by atoms with Crippen LogP contribution in [0.4, 0.5) is 4.79 Å². The van der Waals surface area contributed by atoms with Crippen LogP contribution in [0.25, 0.3) is 0 Å². The fraction of sp³-hybridized carbons (Fsp3) is 0.800. The summed E-state index contributed by atoms with van der Waals surface area (Å²) in [6, 6.07) is 0.250. The number of rotatable bonds is 1. The fourth-order valence-corrected chi connectivity index (χ4v) is 2.39.